The highest BCUT2D eigenvalue weighted by Crippen LogP contribution is 2.50. The van der Waals surface area contributed by atoms with Crippen LogP contribution in [0.2, 0.25) is 0 Å². The molecule has 0 unspecified atom stereocenters. The highest BCUT2D eigenvalue weighted by atomic mass is 16.5. The second kappa shape index (κ2) is 6.55. The molecule has 0 radical (unpaired) electrons. The number of rotatable bonds is 2. The number of pyridine rings is 1. The van der Waals surface area contributed by atoms with Crippen molar-refractivity contribution >= 4 is 32.3 Å². The van der Waals surface area contributed by atoms with Crippen LogP contribution in [0.15, 0.2) is 66.9 Å². The van der Waals surface area contributed by atoms with E-state index < -0.39 is 0 Å². The van der Waals surface area contributed by atoms with Gasteiger partial charge in [-0.05, 0) is 64.1 Å². The summed E-state index contributed by atoms with van der Waals surface area (Å²) in [6.45, 7) is 6.78. The van der Waals surface area contributed by atoms with E-state index in [0.717, 1.165) is 17.9 Å². The first-order chi connectivity index (χ1) is 15.0. The van der Waals surface area contributed by atoms with Crippen LogP contribution in [-0.4, -0.2) is 0 Å². The Morgan fingerprint density at radius 1 is 0.839 bits per heavy atom. The number of hydrogen-bond acceptors (Lipinski definition) is 1. The normalized spacial score (nSPS) is 12.5. The summed E-state index contributed by atoms with van der Waals surface area (Å²) >= 11 is 0. The van der Waals surface area contributed by atoms with Crippen LogP contribution in [0, 0.1) is 12.8 Å². The quantitative estimate of drug-likeness (QED) is 0.219. The second-order valence-corrected chi connectivity index (χ2v) is 9.25. The molecule has 1 aliphatic heterocycles. The maximum atomic E-state index is 6.65. The molecule has 0 amide bonds. The number of benzene rings is 4. The first-order valence-electron chi connectivity index (χ1n) is 11.1. The van der Waals surface area contributed by atoms with Gasteiger partial charge in [0.05, 0.1) is 10.9 Å². The zero-order chi connectivity index (χ0) is 21.3. The van der Waals surface area contributed by atoms with Gasteiger partial charge in [-0.3, -0.25) is 0 Å². The molecule has 31 heavy (non-hydrogen) atoms. The minimum absolute atomic E-state index is 0.609. The van der Waals surface area contributed by atoms with Gasteiger partial charge in [0, 0.05) is 11.5 Å². The summed E-state index contributed by atoms with van der Waals surface area (Å²) in [7, 11) is 2.14. The molecule has 0 fully saturated rings. The lowest BCUT2D eigenvalue weighted by molar-refractivity contribution is -0.659. The van der Waals surface area contributed by atoms with Crippen molar-refractivity contribution in [2.45, 2.75) is 27.2 Å². The first-order valence-corrected chi connectivity index (χ1v) is 11.1. The van der Waals surface area contributed by atoms with Crippen molar-refractivity contribution < 1.29 is 9.30 Å². The van der Waals surface area contributed by atoms with Crippen LogP contribution in [0.25, 0.3) is 43.6 Å². The monoisotopic (exact) mass is 404 g/mol. The van der Waals surface area contributed by atoms with E-state index in [1.807, 2.05) is 0 Å². The van der Waals surface area contributed by atoms with Gasteiger partial charge >= 0.3 is 0 Å². The third kappa shape index (κ3) is 2.61. The highest BCUT2D eigenvalue weighted by Gasteiger charge is 2.31. The Kier molecular flexibility index (Phi) is 3.89. The summed E-state index contributed by atoms with van der Waals surface area (Å²) in [6.07, 6.45) is 3.26. The maximum Gasteiger partial charge on any atom is 0.228 e. The molecule has 2 heteroatoms. The third-order valence-electron chi connectivity index (χ3n) is 6.69. The van der Waals surface area contributed by atoms with Crippen molar-refractivity contribution in [1.29, 1.82) is 0 Å². The van der Waals surface area contributed by atoms with E-state index in [9.17, 15) is 0 Å². The summed E-state index contributed by atoms with van der Waals surface area (Å²) in [5.41, 5.74) is 5.12. The molecule has 4 aromatic carbocycles. The van der Waals surface area contributed by atoms with Gasteiger partial charge in [-0.1, -0.05) is 56.3 Å². The third-order valence-corrected chi connectivity index (χ3v) is 6.69. The van der Waals surface area contributed by atoms with Crippen molar-refractivity contribution in [3.8, 4) is 22.8 Å². The lowest BCUT2D eigenvalue weighted by Crippen LogP contribution is -2.31. The van der Waals surface area contributed by atoms with Gasteiger partial charge < -0.3 is 4.74 Å². The van der Waals surface area contributed by atoms with E-state index in [4.69, 9.17) is 4.74 Å². The molecule has 0 spiro atoms. The van der Waals surface area contributed by atoms with Crippen molar-refractivity contribution in [3.05, 3.63) is 78.0 Å². The predicted octanol–water partition coefficient (Wildman–Crippen LogP) is 7.25. The molecule has 0 N–H and O–H groups in total. The number of fused-ring (bicyclic) bond motifs is 5. The molecule has 1 aliphatic rings. The van der Waals surface area contributed by atoms with Crippen molar-refractivity contribution in [1.82, 2.24) is 0 Å². The summed E-state index contributed by atoms with van der Waals surface area (Å²) < 4.78 is 8.90. The molecule has 0 saturated heterocycles. The van der Waals surface area contributed by atoms with Gasteiger partial charge in [0.25, 0.3) is 0 Å². The maximum absolute atomic E-state index is 6.65. The predicted molar refractivity (Wildman–Crippen MR) is 129 cm³/mol. The number of aryl methyl sites for hydroxylation is 2. The fourth-order valence-electron chi connectivity index (χ4n) is 5.33. The van der Waals surface area contributed by atoms with Gasteiger partial charge in [-0.2, -0.15) is 0 Å². The number of hydrogen-bond donors (Lipinski definition) is 0. The van der Waals surface area contributed by atoms with E-state index >= 15 is 0 Å². The Hall–Kier alpha value is -3.39. The first kappa shape index (κ1) is 18.4. The molecular weight excluding hydrogens is 378 g/mol. The minimum atomic E-state index is 0.609. The summed E-state index contributed by atoms with van der Waals surface area (Å²) in [4.78, 5) is 0. The molecule has 0 saturated carbocycles. The molecule has 1 aromatic heterocycles. The largest absolute Gasteiger partial charge is 0.456 e. The molecule has 6 rings (SSSR count). The zero-order valence-corrected chi connectivity index (χ0v) is 18.5. The van der Waals surface area contributed by atoms with Gasteiger partial charge in [0.2, 0.25) is 5.69 Å². The Morgan fingerprint density at radius 3 is 2.48 bits per heavy atom. The van der Waals surface area contributed by atoms with E-state index in [1.54, 1.807) is 0 Å². The summed E-state index contributed by atoms with van der Waals surface area (Å²) in [5.74, 6) is 2.53. The summed E-state index contributed by atoms with van der Waals surface area (Å²) in [6, 6.07) is 22.0. The Morgan fingerprint density at radius 2 is 1.65 bits per heavy atom. The molecular formula is C29H26NO+. The van der Waals surface area contributed by atoms with E-state index in [2.05, 4.69) is 99.2 Å². The van der Waals surface area contributed by atoms with Crippen LogP contribution in [0.3, 0.4) is 0 Å². The fraction of sp³-hybridized carbons (Fsp3) is 0.207. The van der Waals surface area contributed by atoms with Crippen LogP contribution in [0.1, 0.15) is 25.0 Å². The zero-order valence-electron chi connectivity index (χ0n) is 18.5. The number of nitrogens with zero attached hydrogens (tertiary/aromatic N) is 1. The van der Waals surface area contributed by atoms with E-state index in [-0.39, 0.29) is 0 Å². The molecule has 0 bridgehead atoms. The van der Waals surface area contributed by atoms with Gasteiger partial charge in [0.1, 0.15) is 18.5 Å². The molecule has 5 aromatic rings. The standard InChI is InChI=1S/C29H26NO/c1-17(2)14-19-9-7-11-22-23-12-13-30(4)29-27-18(3)21-10-6-5-8-20(21)15-25(27)31-26(28(23)29)16-24(19)22/h5-13,15-17H,14H2,1-4H3/q+1. The summed E-state index contributed by atoms with van der Waals surface area (Å²) in [5, 5.41) is 7.60. The van der Waals surface area contributed by atoms with Gasteiger partial charge in [-0.25, -0.2) is 4.57 Å². The van der Waals surface area contributed by atoms with Gasteiger partial charge in [0.15, 0.2) is 6.20 Å². The van der Waals surface area contributed by atoms with Crippen molar-refractivity contribution in [3.63, 3.8) is 0 Å². The fourth-order valence-corrected chi connectivity index (χ4v) is 5.33. The number of aromatic nitrogens is 1. The Bertz CT molecular complexity index is 1530. The van der Waals surface area contributed by atoms with Gasteiger partial charge in [-0.15, -0.1) is 0 Å². The van der Waals surface area contributed by atoms with E-state index in [0.29, 0.717) is 5.92 Å². The van der Waals surface area contributed by atoms with Crippen LogP contribution in [-0.2, 0) is 13.5 Å². The second-order valence-electron chi connectivity index (χ2n) is 9.25. The topological polar surface area (TPSA) is 13.1 Å². The van der Waals surface area contributed by atoms with Crippen LogP contribution in [0.5, 0.6) is 11.5 Å². The smallest absolute Gasteiger partial charge is 0.228 e. The molecule has 0 atom stereocenters. The van der Waals surface area contributed by atoms with Crippen LogP contribution >= 0.6 is 0 Å². The SMILES string of the molecule is Cc1c2c(cc3ccccc13)Oc1cc3c(CC(C)C)cccc3c3cc[n+](C)c-2c13. The molecule has 152 valence electrons. The molecule has 2 heterocycles. The average Bonchev–Trinajstić information content (AvgIpc) is 2.75. The van der Waals surface area contributed by atoms with Crippen LogP contribution in [0.4, 0.5) is 0 Å². The lowest BCUT2D eigenvalue weighted by Gasteiger charge is -2.23. The Balaban J connectivity index is 1.77. The lowest BCUT2D eigenvalue weighted by atomic mass is 9.89. The van der Waals surface area contributed by atoms with Crippen LogP contribution < -0.4 is 9.30 Å². The minimum Gasteiger partial charge on any atom is -0.456 e. The van der Waals surface area contributed by atoms with E-state index in [1.165, 1.54) is 54.7 Å². The van der Waals surface area contributed by atoms with Crippen molar-refractivity contribution in [2.24, 2.45) is 13.0 Å². The van der Waals surface area contributed by atoms with Crippen molar-refractivity contribution in [2.75, 3.05) is 0 Å². The molecule has 0 aliphatic carbocycles. The Labute approximate surface area is 182 Å². The molecule has 2 nitrogen and oxygen atoms in total. The average molecular weight is 405 g/mol. The number of ether oxygens (including phenoxy) is 1. The highest BCUT2D eigenvalue weighted by molar-refractivity contribution is 6.16.